The third-order valence-corrected chi connectivity index (χ3v) is 3.90. The van der Waals surface area contributed by atoms with Gasteiger partial charge in [-0.25, -0.2) is 0 Å². The van der Waals surface area contributed by atoms with Gasteiger partial charge in [-0.1, -0.05) is 42.5 Å². The lowest BCUT2D eigenvalue weighted by Gasteiger charge is -2.40. The molecule has 2 aliphatic rings. The van der Waals surface area contributed by atoms with Gasteiger partial charge in [-0.3, -0.25) is 0 Å². The molecule has 0 saturated carbocycles. The lowest BCUT2D eigenvalue weighted by Crippen LogP contribution is -2.41. The van der Waals surface area contributed by atoms with Crippen molar-refractivity contribution in [2.45, 2.75) is 11.8 Å². The van der Waals surface area contributed by atoms with Gasteiger partial charge in [0.05, 0.1) is 5.41 Å². The van der Waals surface area contributed by atoms with E-state index in [-0.39, 0.29) is 5.41 Å². The summed E-state index contributed by atoms with van der Waals surface area (Å²) in [5.74, 6) is 1.07. The Morgan fingerprint density at radius 2 is 1.62 bits per heavy atom. The zero-order valence-corrected chi connectivity index (χ0v) is 8.94. The Bertz CT molecular complexity index is 573. The van der Waals surface area contributed by atoms with Crippen molar-refractivity contribution < 1.29 is 4.74 Å². The number of hydrogen-bond donors (Lipinski definition) is 0. The zero-order valence-electron chi connectivity index (χ0n) is 8.94. The third-order valence-electron chi connectivity index (χ3n) is 3.90. The van der Waals surface area contributed by atoms with Crippen LogP contribution in [0.15, 0.2) is 48.5 Å². The van der Waals surface area contributed by atoms with Crippen LogP contribution in [0.4, 0.5) is 0 Å². The number of ether oxygens (including phenoxy) is 1. The minimum Gasteiger partial charge on any atom is -0.492 e. The van der Waals surface area contributed by atoms with Crippen LogP contribution in [-0.2, 0) is 11.8 Å². The molecule has 0 unspecified atom stereocenters. The van der Waals surface area contributed by atoms with E-state index in [1.807, 2.05) is 6.07 Å². The largest absolute Gasteiger partial charge is 0.492 e. The lowest BCUT2D eigenvalue weighted by atomic mass is 9.61. The molecule has 0 bridgehead atoms. The zero-order chi connectivity index (χ0) is 10.6. The molecule has 1 spiro atoms. The summed E-state index contributed by atoms with van der Waals surface area (Å²) in [6.07, 6.45) is 1.13. The van der Waals surface area contributed by atoms with E-state index in [9.17, 15) is 0 Å². The monoisotopic (exact) mass is 208 g/mol. The lowest BCUT2D eigenvalue weighted by molar-refractivity contribution is 0.273. The Balaban J connectivity index is 1.94. The second-order valence-electron chi connectivity index (χ2n) is 4.70. The molecule has 1 nitrogen and oxygen atoms in total. The highest BCUT2D eigenvalue weighted by atomic mass is 16.5. The molecule has 0 fully saturated rings. The average molecular weight is 208 g/mol. The van der Waals surface area contributed by atoms with Crippen LogP contribution in [-0.4, -0.2) is 6.61 Å². The summed E-state index contributed by atoms with van der Waals surface area (Å²) in [6.45, 7) is 0.809. The maximum atomic E-state index is 5.81. The van der Waals surface area contributed by atoms with Crippen LogP contribution < -0.4 is 4.74 Å². The number of rotatable bonds is 0. The highest BCUT2D eigenvalue weighted by Gasteiger charge is 2.49. The summed E-state index contributed by atoms with van der Waals surface area (Å²) in [4.78, 5) is 0. The topological polar surface area (TPSA) is 9.23 Å². The fourth-order valence-electron chi connectivity index (χ4n) is 3.09. The molecule has 16 heavy (non-hydrogen) atoms. The molecular weight excluding hydrogens is 196 g/mol. The van der Waals surface area contributed by atoms with Crippen molar-refractivity contribution in [2.75, 3.05) is 6.61 Å². The first-order valence-electron chi connectivity index (χ1n) is 5.71. The number of fused-ring (bicyclic) bond motifs is 4. The van der Waals surface area contributed by atoms with Gasteiger partial charge in [0.15, 0.2) is 0 Å². The van der Waals surface area contributed by atoms with Gasteiger partial charge in [-0.05, 0) is 23.6 Å². The Labute approximate surface area is 94.7 Å². The molecule has 1 atom stereocenters. The van der Waals surface area contributed by atoms with Gasteiger partial charge in [0.25, 0.3) is 0 Å². The molecule has 0 amide bonds. The summed E-state index contributed by atoms with van der Waals surface area (Å²) in [5.41, 5.74) is 4.46. The van der Waals surface area contributed by atoms with E-state index in [0.717, 1.165) is 18.8 Å². The molecule has 1 heteroatoms. The Hall–Kier alpha value is -1.76. The summed E-state index contributed by atoms with van der Waals surface area (Å²) in [6, 6.07) is 17.1. The standard InChI is InChI=1S/C15H12O/c1-2-6-12-11(5-1)9-15(12)10-16-14-8-4-3-7-13(14)15/h1-8H,9-10H2/t15-/m0/s1. The van der Waals surface area contributed by atoms with Crippen molar-refractivity contribution in [2.24, 2.45) is 0 Å². The number of benzene rings is 2. The molecule has 0 saturated heterocycles. The Morgan fingerprint density at radius 1 is 0.875 bits per heavy atom. The SMILES string of the molecule is c1ccc2c(c1)C[C@]21COc2ccccc21. The van der Waals surface area contributed by atoms with E-state index < -0.39 is 0 Å². The van der Waals surface area contributed by atoms with Gasteiger partial charge in [-0.2, -0.15) is 0 Å². The molecule has 0 aromatic heterocycles. The molecule has 1 heterocycles. The van der Waals surface area contributed by atoms with Gasteiger partial charge in [0.1, 0.15) is 12.4 Å². The first-order chi connectivity index (χ1) is 7.90. The molecule has 2 aromatic rings. The number of para-hydroxylation sites is 1. The van der Waals surface area contributed by atoms with E-state index in [1.165, 1.54) is 16.7 Å². The maximum absolute atomic E-state index is 5.81. The van der Waals surface area contributed by atoms with Crippen molar-refractivity contribution >= 4 is 0 Å². The van der Waals surface area contributed by atoms with Crippen LogP contribution in [0.25, 0.3) is 0 Å². The van der Waals surface area contributed by atoms with E-state index in [1.54, 1.807) is 0 Å². The summed E-state index contributed by atoms with van der Waals surface area (Å²) < 4.78 is 5.81. The molecule has 0 N–H and O–H groups in total. The summed E-state index contributed by atoms with van der Waals surface area (Å²) in [5, 5.41) is 0. The van der Waals surface area contributed by atoms with E-state index in [4.69, 9.17) is 4.74 Å². The van der Waals surface area contributed by atoms with Crippen molar-refractivity contribution in [1.82, 2.24) is 0 Å². The molecule has 78 valence electrons. The highest BCUT2D eigenvalue weighted by Crippen LogP contribution is 2.52. The van der Waals surface area contributed by atoms with E-state index in [0.29, 0.717) is 0 Å². The van der Waals surface area contributed by atoms with Crippen LogP contribution in [0, 0.1) is 0 Å². The van der Waals surface area contributed by atoms with Crippen LogP contribution in [0.2, 0.25) is 0 Å². The normalized spacial score (nSPS) is 24.5. The van der Waals surface area contributed by atoms with Gasteiger partial charge >= 0.3 is 0 Å². The van der Waals surface area contributed by atoms with Crippen molar-refractivity contribution in [3.8, 4) is 5.75 Å². The average Bonchev–Trinajstić information content (AvgIpc) is 2.70. The van der Waals surface area contributed by atoms with Crippen molar-refractivity contribution in [3.05, 3.63) is 65.2 Å². The molecule has 1 aliphatic heterocycles. The summed E-state index contributed by atoms with van der Waals surface area (Å²) >= 11 is 0. The minimum absolute atomic E-state index is 0.160. The molecule has 1 aliphatic carbocycles. The highest BCUT2D eigenvalue weighted by molar-refractivity contribution is 5.59. The first kappa shape index (κ1) is 8.40. The van der Waals surface area contributed by atoms with Crippen LogP contribution in [0.1, 0.15) is 16.7 Å². The van der Waals surface area contributed by atoms with Gasteiger partial charge in [0.2, 0.25) is 0 Å². The fraction of sp³-hybridized carbons (Fsp3) is 0.200. The minimum atomic E-state index is 0.160. The van der Waals surface area contributed by atoms with Crippen molar-refractivity contribution in [1.29, 1.82) is 0 Å². The first-order valence-corrected chi connectivity index (χ1v) is 5.71. The predicted octanol–water partition coefficient (Wildman–Crippen LogP) is 2.92. The fourth-order valence-corrected chi connectivity index (χ4v) is 3.09. The Morgan fingerprint density at radius 3 is 2.50 bits per heavy atom. The quantitative estimate of drug-likeness (QED) is 0.646. The maximum Gasteiger partial charge on any atom is 0.123 e. The molecule has 0 radical (unpaired) electrons. The van der Waals surface area contributed by atoms with Gasteiger partial charge < -0.3 is 4.74 Å². The number of hydrogen-bond acceptors (Lipinski definition) is 1. The smallest absolute Gasteiger partial charge is 0.123 e. The van der Waals surface area contributed by atoms with E-state index in [2.05, 4.69) is 42.5 Å². The predicted molar refractivity (Wildman–Crippen MR) is 62.9 cm³/mol. The Kier molecular flexibility index (Phi) is 1.40. The van der Waals surface area contributed by atoms with Crippen LogP contribution >= 0.6 is 0 Å². The molecular formula is C15H12O. The van der Waals surface area contributed by atoms with Crippen LogP contribution in [0.3, 0.4) is 0 Å². The second kappa shape index (κ2) is 2.67. The van der Waals surface area contributed by atoms with Crippen LogP contribution in [0.5, 0.6) is 5.75 Å². The van der Waals surface area contributed by atoms with Gasteiger partial charge in [-0.15, -0.1) is 0 Å². The molecule has 2 aromatic carbocycles. The molecule has 4 rings (SSSR count). The van der Waals surface area contributed by atoms with E-state index >= 15 is 0 Å². The third kappa shape index (κ3) is 0.827. The second-order valence-corrected chi connectivity index (χ2v) is 4.70. The van der Waals surface area contributed by atoms with Crippen molar-refractivity contribution in [3.63, 3.8) is 0 Å². The summed E-state index contributed by atoms with van der Waals surface area (Å²) in [7, 11) is 0. The van der Waals surface area contributed by atoms with Gasteiger partial charge in [0, 0.05) is 5.56 Å².